The minimum atomic E-state index is -0.920. The number of benzene rings is 5. The molecule has 0 N–H and O–H groups in total. The number of esters is 1. The van der Waals surface area contributed by atoms with Gasteiger partial charge in [0.1, 0.15) is 11.2 Å². The second kappa shape index (κ2) is 13.2. The molecule has 0 amide bonds. The largest absolute Gasteiger partial charge is 0.419 e. The molecule has 1 aromatic heterocycles. The molecule has 7 nitrogen and oxygen atoms in total. The van der Waals surface area contributed by atoms with Gasteiger partial charge >= 0.3 is 11.7 Å². The Morgan fingerprint density at radius 2 is 1.39 bits per heavy atom. The van der Waals surface area contributed by atoms with Gasteiger partial charge in [0.25, 0.3) is 0 Å². The van der Waals surface area contributed by atoms with Gasteiger partial charge in [0.2, 0.25) is 5.75 Å². The fourth-order valence-electron chi connectivity index (χ4n) is 5.83. The fourth-order valence-corrected chi connectivity index (χ4v) is 6.02. The highest BCUT2D eigenvalue weighted by Gasteiger charge is 2.40. The molecule has 1 heterocycles. The van der Waals surface area contributed by atoms with Crippen molar-refractivity contribution in [2.24, 2.45) is 0 Å². The quantitative estimate of drug-likeness (QED) is 0.0496. The maximum atomic E-state index is 12.3. The number of nitro benzene ring substituents is 1. The van der Waals surface area contributed by atoms with Gasteiger partial charge in [0.15, 0.2) is 0 Å². The normalized spacial score (nSPS) is 11.3. The predicted molar refractivity (Wildman–Crippen MR) is 180 cm³/mol. The summed E-state index contributed by atoms with van der Waals surface area (Å²) >= 11 is 6.47. The van der Waals surface area contributed by atoms with Crippen LogP contribution in [0.1, 0.15) is 36.5 Å². The number of rotatable bonds is 10. The first-order valence-electron chi connectivity index (χ1n) is 14.9. The lowest BCUT2D eigenvalue weighted by Crippen LogP contribution is -2.38. The summed E-state index contributed by atoms with van der Waals surface area (Å²) in [5, 5.41) is 18.0. The van der Waals surface area contributed by atoms with Crippen LogP contribution >= 0.6 is 11.6 Å². The lowest BCUT2D eigenvalue weighted by molar-refractivity contribution is -0.385. The minimum Gasteiger partial charge on any atom is -0.419 e. The lowest BCUT2D eigenvalue weighted by Gasteiger charge is -2.36. The predicted octanol–water partition coefficient (Wildman–Crippen LogP) is 9.32. The van der Waals surface area contributed by atoms with Crippen molar-refractivity contribution in [1.29, 1.82) is 0 Å². The van der Waals surface area contributed by atoms with Crippen LogP contribution in [-0.4, -0.2) is 20.7 Å². The maximum Gasteiger partial charge on any atom is 0.312 e. The molecule has 6 rings (SSSR count). The van der Waals surface area contributed by atoms with E-state index in [4.69, 9.17) is 21.4 Å². The Labute approximate surface area is 271 Å². The summed E-state index contributed by atoms with van der Waals surface area (Å²) < 4.78 is 7.31. The van der Waals surface area contributed by atoms with Crippen molar-refractivity contribution in [1.82, 2.24) is 9.78 Å². The number of nitro groups is 1. The van der Waals surface area contributed by atoms with Crippen LogP contribution in [0.4, 0.5) is 5.69 Å². The monoisotopic (exact) mass is 627 g/mol. The first-order valence-corrected chi connectivity index (χ1v) is 15.3. The van der Waals surface area contributed by atoms with Gasteiger partial charge in [-0.3, -0.25) is 19.6 Å². The molecule has 6 aromatic rings. The summed E-state index contributed by atoms with van der Waals surface area (Å²) in [6.45, 7) is 1.84. The molecule has 0 atom stereocenters. The van der Waals surface area contributed by atoms with E-state index in [2.05, 4.69) is 36.4 Å². The molecule has 0 unspecified atom stereocenters. The number of carbonyl (C=O) groups excluding carboxylic acids is 1. The fraction of sp³-hybridized carbons (Fsp3) is 0.105. The van der Waals surface area contributed by atoms with E-state index in [1.807, 2.05) is 90.6 Å². The van der Waals surface area contributed by atoms with Crippen LogP contribution in [0.5, 0.6) is 5.75 Å². The molecule has 0 saturated carbocycles. The highest BCUT2D eigenvalue weighted by Crippen LogP contribution is 2.44. The van der Waals surface area contributed by atoms with Crippen molar-refractivity contribution in [3.63, 3.8) is 0 Å². The van der Waals surface area contributed by atoms with Crippen molar-refractivity contribution in [2.45, 2.75) is 25.3 Å². The average Bonchev–Trinajstić information content (AvgIpc) is 3.52. The third-order valence-electron chi connectivity index (χ3n) is 7.88. The van der Waals surface area contributed by atoms with Gasteiger partial charge in [0, 0.05) is 34.8 Å². The van der Waals surface area contributed by atoms with Crippen molar-refractivity contribution in [3.8, 4) is 28.1 Å². The van der Waals surface area contributed by atoms with E-state index in [1.54, 1.807) is 12.1 Å². The number of halogens is 1. The Morgan fingerprint density at radius 3 is 1.91 bits per heavy atom. The molecule has 46 heavy (non-hydrogen) atoms. The molecule has 5 aromatic carbocycles. The molecular weight excluding hydrogens is 598 g/mol. The van der Waals surface area contributed by atoms with Gasteiger partial charge in [-0.15, -0.1) is 0 Å². The lowest BCUT2D eigenvalue weighted by atomic mass is 9.77. The van der Waals surface area contributed by atoms with Gasteiger partial charge in [0.05, 0.1) is 4.92 Å². The van der Waals surface area contributed by atoms with Crippen LogP contribution in [0.2, 0.25) is 5.02 Å². The number of hydrogen-bond donors (Lipinski definition) is 0. The average molecular weight is 628 g/mol. The third-order valence-corrected chi connectivity index (χ3v) is 8.11. The molecule has 0 spiro atoms. The smallest absolute Gasteiger partial charge is 0.312 e. The van der Waals surface area contributed by atoms with Crippen molar-refractivity contribution in [2.75, 3.05) is 0 Å². The third kappa shape index (κ3) is 5.80. The van der Waals surface area contributed by atoms with Gasteiger partial charge in [-0.2, -0.15) is 5.10 Å². The maximum absolute atomic E-state index is 12.3. The van der Waals surface area contributed by atoms with Crippen LogP contribution in [0.3, 0.4) is 0 Å². The van der Waals surface area contributed by atoms with E-state index >= 15 is 0 Å². The SMILES string of the molecule is CCCC(=O)Oc1ccc(-c2cn(C(c3ccccc3)(c3ccccc3)c3ccccc3)nc2-c2cccc(Cl)c2)cc1[N+](=O)[O-]. The number of ether oxygens (including phenoxy) is 1. The standard InChI is InChI=1S/C38H30ClN3O4/c1-2-13-36(43)46-35-23-22-27(25-34(35)42(44)45)33-26-41(40-37(33)28-14-12-21-32(39)24-28)38(29-15-6-3-7-16-29,30-17-8-4-9-18-30)31-19-10-5-11-20-31/h3-12,14-26H,2,13H2,1H3. The van der Waals surface area contributed by atoms with Crippen molar-refractivity contribution < 1.29 is 14.5 Å². The Bertz CT molecular complexity index is 1900. The second-order valence-electron chi connectivity index (χ2n) is 10.8. The topological polar surface area (TPSA) is 87.3 Å². The Morgan fingerprint density at radius 1 is 0.804 bits per heavy atom. The summed E-state index contributed by atoms with van der Waals surface area (Å²) in [7, 11) is 0. The molecule has 0 aliphatic rings. The van der Waals surface area contributed by atoms with Gasteiger partial charge in [-0.1, -0.05) is 128 Å². The summed E-state index contributed by atoms with van der Waals surface area (Å²) in [6, 6.07) is 42.4. The zero-order valence-corrected chi connectivity index (χ0v) is 25.8. The Kier molecular flexibility index (Phi) is 8.76. The van der Waals surface area contributed by atoms with Crippen LogP contribution in [0, 0.1) is 10.1 Å². The van der Waals surface area contributed by atoms with Gasteiger partial charge in [-0.05, 0) is 46.9 Å². The van der Waals surface area contributed by atoms with E-state index in [1.165, 1.54) is 12.1 Å². The zero-order valence-electron chi connectivity index (χ0n) is 25.0. The van der Waals surface area contributed by atoms with E-state index in [9.17, 15) is 14.9 Å². The number of hydrogen-bond acceptors (Lipinski definition) is 5. The molecule has 0 bridgehead atoms. The van der Waals surface area contributed by atoms with E-state index < -0.39 is 16.4 Å². The van der Waals surface area contributed by atoms with E-state index in [0.29, 0.717) is 28.3 Å². The minimum absolute atomic E-state index is 0.101. The molecule has 0 saturated heterocycles. The van der Waals surface area contributed by atoms with Gasteiger partial charge in [-0.25, -0.2) is 0 Å². The summed E-state index contributed by atoms with van der Waals surface area (Å²) in [4.78, 5) is 24.0. The van der Waals surface area contributed by atoms with Crippen LogP contribution in [0.15, 0.2) is 140 Å². The zero-order chi connectivity index (χ0) is 32.1. The summed E-state index contributed by atoms with van der Waals surface area (Å²) in [5.41, 5.74) is 4.19. The highest BCUT2D eigenvalue weighted by molar-refractivity contribution is 6.30. The number of aromatic nitrogens is 2. The number of carbonyl (C=O) groups is 1. The summed E-state index contributed by atoms with van der Waals surface area (Å²) in [5.74, 6) is -0.625. The molecule has 8 heteroatoms. The molecule has 228 valence electrons. The Hall–Kier alpha value is -5.53. The molecular formula is C38H30ClN3O4. The summed E-state index contributed by atoms with van der Waals surface area (Å²) in [6.07, 6.45) is 2.65. The van der Waals surface area contributed by atoms with Crippen molar-refractivity contribution >= 4 is 23.3 Å². The molecule has 0 fully saturated rings. The van der Waals surface area contributed by atoms with Crippen molar-refractivity contribution in [3.05, 3.63) is 171 Å². The molecule has 0 radical (unpaired) electrons. The first-order chi connectivity index (χ1) is 22.4. The van der Waals surface area contributed by atoms with Crippen LogP contribution in [-0.2, 0) is 10.3 Å². The van der Waals surface area contributed by atoms with Crippen LogP contribution in [0.25, 0.3) is 22.4 Å². The second-order valence-corrected chi connectivity index (χ2v) is 11.3. The Balaban J connectivity index is 1.66. The highest BCUT2D eigenvalue weighted by atomic mass is 35.5. The molecule has 0 aliphatic heterocycles. The number of nitrogens with zero attached hydrogens (tertiary/aromatic N) is 3. The molecule has 0 aliphatic carbocycles. The first kappa shape index (κ1) is 30.5. The van der Waals surface area contributed by atoms with Crippen LogP contribution < -0.4 is 4.74 Å². The van der Waals surface area contributed by atoms with E-state index in [0.717, 1.165) is 22.3 Å². The van der Waals surface area contributed by atoms with E-state index in [-0.39, 0.29) is 17.9 Å². The van der Waals surface area contributed by atoms with Gasteiger partial charge < -0.3 is 4.74 Å².